The summed E-state index contributed by atoms with van der Waals surface area (Å²) >= 11 is 11.7. The number of rotatable bonds is 7. The lowest BCUT2D eigenvalue weighted by atomic mass is 10.2. The van der Waals surface area contributed by atoms with Gasteiger partial charge in [0.05, 0.1) is 5.52 Å². The molecule has 0 atom stereocenters. The Morgan fingerprint density at radius 3 is 2.39 bits per heavy atom. The molecule has 0 saturated heterocycles. The molecular weight excluding hydrogens is 435 g/mol. The van der Waals surface area contributed by atoms with Crippen LogP contribution in [0, 0.1) is 0 Å². The molecule has 0 aliphatic carbocycles. The number of aromatic nitrogens is 2. The van der Waals surface area contributed by atoms with Gasteiger partial charge in [-0.1, -0.05) is 35.3 Å². The normalized spacial score (nSPS) is 10.6. The van der Waals surface area contributed by atoms with E-state index in [1.165, 1.54) is 0 Å². The second-order valence-corrected chi connectivity index (χ2v) is 7.61. The van der Waals surface area contributed by atoms with Gasteiger partial charge >= 0.3 is 0 Å². The third-order valence-corrected chi connectivity index (χ3v) is 4.91. The standard InChI is InChI=1S/C23H18Cl2N4O2/c24-17-3-1-15(2-4-17)12-26-23-27-13-16-11-19(7-10-21(16)29-23)28-22(30)14-31-20-8-5-18(25)6-9-20/h1-11,13H,12,14H2,(H,28,30)(H,26,27,29). The SMILES string of the molecule is O=C(COc1ccc(Cl)cc1)Nc1ccc2nc(NCc3ccc(Cl)cc3)ncc2c1. The molecule has 0 aliphatic rings. The van der Waals surface area contributed by atoms with Crippen molar-refractivity contribution in [2.45, 2.75) is 6.54 Å². The van der Waals surface area contributed by atoms with Crippen molar-refractivity contribution in [1.82, 2.24) is 9.97 Å². The molecule has 0 radical (unpaired) electrons. The highest BCUT2D eigenvalue weighted by molar-refractivity contribution is 6.30. The van der Waals surface area contributed by atoms with Crippen LogP contribution in [-0.4, -0.2) is 22.5 Å². The topological polar surface area (TPSA) is 76.1 Å². The molecule has 4 rings (SSSR count). The molecule has 0 bridgehead atoms. The molecule has 0 spiro atoms. The van der Waals surface area contributed by atoms with E-state index in [0.717, 1.165) is 16.5 Å². The minimum atomic E-state index is -0.267. The van der Waals surface area contributed by atoms with Crippen molar-refractivity contribution in [3.05, 3.63) is 88.5 Å². The Bertz CT molecular complexity index is 1200. The van der Waals surface area contributed by atoms with Gasteiger partial charge in [0.25, 0.3) is 5.91 Å². The molecule has 1 aromatic heterocycles. The molecule has 0 fully saturated rings. The van der Waals surface area contributed by atoms with Gasteiger partial charge < -0.3 is 15.4 Å². The number of nitrogens with zero attached hydrogens (tertiary/aromatic N) is 2. The zero-order valence-electron chi connectivity index (χ0n) is 16.3. The van der Waals surface area contributed by atoms with Gasteiger partial charge in [-0.2, -0.15) is 0 Å². The highest BCUT2D eigenvalue weighted by Crippen LogP contribution is 2.19. The number of ether oxygens (including phenoxy) is 1. The van der Waals surface area contributed by atoms with Crippen LogP contribution in [0.3, 0.4) is 0 Å². The number of hydrogen-bond donors (Lipinski definition) is 2. The van der Waals surface area contributed by atoms with Gasteiger partial charge in [0, 0.05) is 33.9 Å². The fraction of sp³-hybridized carbons (Fsp3) is 0.0870. The molecule has 8 heteroatoms. The lowest BCUT2D eigenvalue weighted by molar-refractivity contribution is -0.118. The molecule has 2 N–H and O–H groups in total. The third kappa shape index (κ3) is 5.84. The van der Waals surface area contributed by atoms with Crippen molar-refractivity contribution in [3.8, 4) is 5.75 Å². The molecule has 3 aromatic carbocycles. The Morgan fingerprint density at radius 1 is 0.935 bits per heavy atom. The van der Waals surface area contributed by atoms with Crippen molar-refractivity contribution in [2.75, 3.05) is 17.2 Å². The van der Waals surface area contributed by atoms with Gasteiger partial charge in [0.15, 0.2) is 6.61 Å². The van der Waals surface area contributed by atoms with E-state index in [2.05, 4.69) is 20.6 Å². The molecule has 1 amide bonds. The number of halogens is 2. The van der Waals surface area contributed by atoms with Gasteiger partial charge in [-0.15, -0.1) is 0 Å². The minimum absolute atomic E-state index is 0.107. The predicted molar refractivity (Wildman–Crippen MR) is 124 cm³/mol. The molecule has 31 heavy (non-hydrogen) atoms. The monoisotopic (exact) mass is 452 g/mol. The third-order valence-electron chi connectivity index (χ3n) is 4.41. The molecule has 6 nitrogen and oxygen atoms in total. The van der Waals surface area contributed by atoms with Crippen LogP contribution < -0.4 is 15.4 Å². The van der Waals surface area contributed by atoms with Crippen LogP contribution in [0.1, 0.15) is 5.56 Å². The molecule has 156 valence electrons. The molecule has 4 aromatic rings. The van der Waals surface area contributed by atoms with Crippen molar-refractivity contribution in [3.63, 3.8) is 0 Å². The Morgan fingerprint density at radius 2 is 1.65 bits per heavy atom. The lowest BCUT2D eigenvalue weighted by Gasteiger charge is -2.09. The molecular formula is C23H18Cl2N4O2. The summed E-state index contributed by atoms with van der Waals surface area (Å²) in [5.74, 6) is 0.831. The quantitative estimate of drug-likeness (QED) is 0.383. The van der Waals surface area contributed by atoms with Crippen molar-refractivity contribution >= 4 is 51.6 Å². The van der Waals surface area contributed by atoms with Gasteiger partial charge in [0.2, 0.25) is 5.95 Å². The maximum absolute atomic E-state index is 12.2. The lowest BCUT2D eigenvalue weighted by Crippen LogP contribution is -2.20. The van der Waals surface area contributed by atoms with Crippen LogP contribution in [0.25, 0.3) is 10.9 Å². The van der Waals surface area contributed by atoms with Crippen LogP contribution in [0.4, 0.5) is 11.6 Å². The number of carbonyl (C=O) groups excluding carboxylic acids is 1. The summed E-state index contributed by atoms with van der Waals surface area (Å²) in [6.07, 6.45) is 1.71. The largest absolute Gasteiger partial charge is 0.484 e. The fourth-order valence-corrected chi connectivity index (χ4v) is 3.11. The zero-order valence-corrected chi connectivity index (χ0v) is 17.8. The summed E-state index contributed by atoms with van der Waals surface area (Å²) in [5, 5.41) is 8.13. The predicted octanol–water partition coefficient (Wildman–Crippen LogP) is 5.57. The summed E-state index contributed by atoms with van der Waals surface area (Å²) in [4.78, 5) is 21.0. The number of carbonyl (C=O) groups is 1. The first-order valence-electron chi connectivity index (χ1n) is 9.48. The maximum Gasteiger partial charge on any atom is 0.262 e. The second kappa shape index (κ2) is 9.64. The Labute approximate surface area is 189 Å². The number of fused-ring (bicyclic) bond motifs is 1. The Balaban J connectivity index is 1.35. The number of nitrogens with one attached hydrogen (secondary N) is 2. The van der Waals surface area contributed by atoms with Crippen LogP contribution >= 0.6 is 23.2 Å². The van der Waals surface area contributed by atoms with Gasteiger partial charge in [-0.3, -0.25) is 4.79 Å². The number of anilines is 2. The molecule has 1 heterocycles. The van der Waals surface area contributed by atoms with E-state index in [1.54, 1.807) is 36.5 Å². The van der Waals surface area contributed by atoms with Crippen molar-refractivity contribution in [1.29, 1.82) is 0 Å². The first-order valence-corrected chi connectivity index (χ1v) is 10.2. The summed E-state index contributed by atoms with van der Waals surface area (Å²) < 4.78 is 5.46. The van der Waals surface area contributed by atoms with E-state index < -0.39 is 0 Å². The number of hydrogen-bond acceptors (Lipinski definition) is 5. The number of amides is 1. The van der Waals surface area contributed by atoms with Gasteiger partial charge in [-0.05, 0) is 60.2 Å². The van der Waals surface area contributed by atoms with Crippen LogP contribution in [-0.2, 0) is 11.3 Å². The first-order chi connectivity index (χ1) is 15.0. The fourth-order valence-electron chi connectivity index (χ4n) is 2.86. The van der Waals surface area contributed by atoms with Crippen molar-refractivity contribution in [2.24, 2.45) is 0 Å². The zero-order chi connectivity index (χ0) is 21.6. The van der Waals surface area contributed by atoms with E-state index in [9.17, 15) is 4.79 Å². The first kappa shape index (κ1) is 20.9. The van der Waals surface area contributed by atoms with E-state index in [-0.39, 0.29) is 12.5 Å². The highest BCUT2D eigenvalue weighted by atomic mass is 35.5. The van der Waals surface area contributed by atoms with E-state index in [4.69, 9.17) is 27.9 Å². The Hall–Kier alpha value is -3.35. The highest BCUT2D eigenvalue weighted by Gasteiger charge is 2.06. The summed E-state index contributed by atoms with van der Waals surface area (Å²) in [6.45, 7) is 0.480. The Kier molecular flexibility index (Phi) is 6.50. The van der Waals surface area contributed by atoms with E-state index >= 15 is 0 Å². The van der Waals surface area contributed by atoms with Gasteiger partial charge in [0.1, 0.15) is 5.75 Å². The van der Waals surface area contributed by atoms with Crippen molar-refractivity contribution < 1.29 is 9.53 Å². The van der Waals surface area contributed by atoms with Crippen LogP contribution in [0.5, 0.6) is 5.75 Å². The molecule has 0 saturated carbocycles. The molecule has 0 aliphatic heterocycles. The van der Waals surface area contributed by atoms with Crippen LogP contribution in [0.2, 0.25) is 10.0 Å². The smallest absolute Gasteiger partial charge is 0.262 e. The van der Waals surface area contributed by atoms with Gasteiger partial charge in [-0.25, -0.2) is 9.97 Å². The summed E-state index contributed by atoms with van der Waals surface area (Å²) in [6, 6.07) is 19.9. The average molecular weight is 453 g/mol. The van der Waals surface area contributed by atoms with E-state index in [1.807, 2.05) is 36.4 Å². The molecule has 0 unspecified atom stereocenters. The summed E-state index contributed by atoms with van der Waals surface area (Å²) in [5.41, 5.74) is 2.48. The average Bonchev–Trinajstić information content (AvgIpc) is 2.78. The number of benzene rings is 3. The second-order valence-electron chi connectivity index (χ2n) is 6.74. The maximum atomic E-state index is 12.2. The minimum Gasteiger partial charge on any atom is -0.484 e. The van der Waals surface area contributed by atoms with Crippen LogP contribution in [0.15, 0.2) is 72.9 Å². The van der Waals surface area contributed by atoms with E-state index in [0.29, 0.717) is 34.0 Å². The summed E-state index contributed by atoms with van der Waals surface area (Å²) in [7, 11) is 0.